The molecule has 1 unspecified atom stereocenters. The highest BCUT2D eigenvalue weighted by molar-refractivity contribution is 9.10. The summed E-state index contributed by atoms with van der Waals surface area (Å²) in [6.45, 7) is 5.03. The number of benzene rings is 1. The van der Waals surface area contributed by atoms with Crippen molar-refractivity contribution in [2.75, 3.05) is 17.8 Å². The van der Waals surface area contributed by atoms with Crippen molar-refractivity contribution in [3.8, 4) is 0 Å². The van der Waals surface area contributed by atoms with Crippen molar-refractivity contribution in [2.24, 2.45) is 0 Å². The van der Waals surface area contributed by atoms with Crippen molar-refractivity contribution in [2.45, 2.75) is 25.5 Å². The van der Waals surface area contributed by atoms with E-state index in [1.54, 1.807) is 25.1 Å². The van der Waals surface area contributed by atoms with Crippen LogP contribution in [0.15, 0.2) is 28.7 Å². The first-order valence-corrected chi connectivity index (χ1v) is 8.27. The zero-order valence-corrected chi connectivity index (χ0v) is 13.0. The molecular formula is C12H19BrN2O2S. The molecule has 1 aromatic carbocycles. The van der Waals surface area contributed by atoms with Gasteiger partial charge in [-0.2, -0.15) is 0 Å². The Morgan fingerprint density at radius 3 is 2.72 bits per heavy atom. The van der Waals surface area contributed by atoms with Crippen LogP contribution in [-0.2, 0) is 10.0 Å². The number of sulfonamides is 1. The molecule has 0 radical (unpaired) electrons. The highest BCUT2D eigenvalue weighted by atomic mass is 79.9. The first-order chi connectivity index (χ1) is 8.45. The minimum atomic E-state index is -3.34. The molecule has 0 aliphatic rings. The maximum atomic E-state index is 12.0. The van der Waals surface area contributed by atoms with E-state index in [1.807, 2.05) is 13.0 Å². The predicted molar refractivity (Wildman–Crippen MR) is 79.3 cm³/mol. The Labute approximate surface area is 117 Å². The largest absolute Gasteiger partial charge is 0.315 e. The van der Waals surface area contributed by atoms with E-state index in [0.29, 0.717) is 12.2 Å². The standard InChI is InChI=1S/C12H19BrN2O2S/c1-3-7-14-9-10(2)18(16,17)15-12-6-4-5-11(13)8-12/h4-6,8,10,14-15H,3,7,9H2,1-2H3. The number of anilines is 1. The minimum Gasteiger partial charge on any atom is -0.315 e. The molecule has 4 nitrogen and oxygen atoms in total. The van der Waals surface area contributed by atoms with Crippen molar-refractivity contribution in [1.82, 2.24) is 5.32 Å². The summed E-state index contributed by atoms with van der Waals surface area (Å²) in [6.07, 6.45) is 0.992. The average molecular weight is 335 g/mol. The lowest BCUT2D eigenvalue weighted by atomic mass is 10.3. The summed E-state index contributed by atoms with van der Waals surface area (Å²) < 4.78 is 27.5. The lowest BCUT2D eigenvalue weighted by Crippen LogP contribution is -2.35. The molecule has 18 heavy (non-hydrogen) atoms. The quantitative estimate of drug-likeness (QED) is 0.753. The normalized spacial score (nSPS) is 13.3. The fourth-order valence-corrected chi connectivity index (χ4v) is 2.80. The highest BCUT2D eigenvalue weighted by Gasteiger charge is 2.20. The van der Waals surface area contributed by atoms with Gasteiger partial charge in [-0.3, -0.25) is 4.72 Å². The van der Waals surface area contributed by atoms with E-state index in [4.69, 9.17) is 0 Å². The SMILES string of the molecule is CCCNCC(C)S(=O)(=O)Nc1cccc(Br)c1. The van der Waals surface area contributed by atoms with E-state index in [0.717, 1.165) is 17.4 Å². The van der Waals surface area contributed by atoms with E-state index in [1.165, 1.54) is 0 Å². The van der Waals surface area contributed by atoms with E-state index in [-0.39, 0.29) is 0 Å². The van der Waals surface area contributed by atoms with Crippen molar-refractivity contribution in [3.63, 3.8) is 0 Å². The van der Waals surface area contributed by atoms with Gasteiger partial charge in [0.05, 0.1) is 5.25 Å². The Kier molecular flexibility index (Phi) is 6.11. The fraction of sp³-hybridized carbons (Fsp3) is 0.500. The third-order valence-electron chi connectivity index (χ3n) is 2.47. The fourth-order valence-electron chi connectivity index (χ4n) is 1.41. The third-order valence-corrected chi connectivity index (χ3v) is 4.71. The Balaban J connectivity index is 2.64. The lowest BCUT2D eigenvalue weighted by Gasteiger charge is -2.15. The monoisotopic (exact) mass is 334 g/mol. The van der Waals surface area contributed by atoms with Crippen molar-refractivity contribution in [1.29, 1.82) is 0 Å². The molecule has 0 heterocycles. The molecule has 0 saturated carbocycles. The maximum absolute atomic E-state index is 12.0. The van der Waals surface area contributed by atoms with Crippen LogP contribution >= 0.6 is 15.9 Å². The van der Waals surface area contributed by atoms with Gasteiger partial charge >= 0.3 is 0 Å². The van der Waals surface area contributed by atoms with Crippen molar-refractivity contribution >= 4 is 31.6 Å². The number of halogens is 1. The van der Waals surface area contributed by atoms with E-state index < -0.39 is 15.3 Å². The van der Waals surface area contributed by atoms with Crippen LogP contribution in [0.1, 0.15) is 20.3 Å². The lowest BCUT2D eigenvalue weighted by molar-refractivity contribution is 0.576. The van der Waals surface area contributed by atoms with E-state index in [9.17, 15) is 8.42 Å². The molecule has 1 atom stereocenters. The second-order valence-corrected chi connectivity index (χ2v) is 7.19. The second-order valence-electron chi connectivity index (χ2n) is 4.17. The van der Waals surface area contributed by atoms with Gasteiger partial charge in [0.15, 0.2) is 0 Å². The Bertz CT molecular complexity index is 477. The Hall–Kier alpha value is -0.590. The molecule has 1 aromatic rings. The summed E-state index contributed by atoms with van der Waals surface area (Å²) in [4.78, 5) is 0. The number of hydrogen-bond donors (Lipinski definition) is 2. The van der Waals surface area contributed by atoms with Gasteiger partial charge in [0.2, 0.25) is 10.0 Å². The zero-order valence-electron chi connectivity index (χ0n) is 10.6. The maximum Gasteiger partial charge on any atom is 0.236 e. The molecule has 2 N–H and O–H groups in total. The van der Waals surface area contributed by atoms with Crippen molar-refractivity contribution in [3.05, 3.63) is 28.7 Å². The Morgan fingerprint density at radius 2 is 2.11 bits per heavy atom. The van der Waals surface area contributed by atoms with Crippen LogP contribution in [0, 0.1) is 0 Å². The first-order valence-electron chi connectivity index (χ1n) is 5.93. The van der Waals surface area contributed by atoms with Gasteiger partial charge in [-0.25, -0.2) is 8.42 Å². The van der Waals surface area contributed by atoms with Gasteiger partial charge < -0.3 is 5.32 Å². The predicted octanol–water partition coefficient (Wildman–Crippen LogP) is 2.58. The van der Waals surface area contributed by atoms with Crippen LogP contribution in [0.4, 0.5) is 5.69 Å². The zero-order chi connectivity index (χ0) is 13.6. The van der Waals surface area contributed by atoms with Gasteiger partial charge in [0.1, 0.15) is 0 Å². The molecule has 0 bridgehead atoms. The van der Waals surface area contributed by atoms with Crippen LogP contribution in [0.2, 0.25) is 0 Å². The smallest absolute Gasteiger partial charge is 0.236 e. The summed E-state index contributed by atoms with van der Waals surface area (Å²) in [5.74, 6) is 0. The first kappa shape index (κ1) is 15.5. The molecule has 0 saturated heterocycles. The van der Waals surface area contributed by atoms with Crippen LogP contribution in [0.3, 0.4) is 0 Å². The summed E-state index contributed by atoms with van der Waals surface area (Å²) in [5, 5.41) is 2.64. The molecule has 0 fully saturated rings. The Morgan fingerprint density at radius 1 is 1.39 bits per heavy atom. The third kappa shape index (κ3) is 4.96. The average Bonchev–Trinajstić information content (AvgIpc) is 2.28. The molecule has 6 heteroatoms. The van der Waals surface area contributed by atoms with Crippen LogP contribution in [0.5, 0.6) is 0 Å². The van der Waals surface area contributed by atoms with Crippen molar-refractivity contribution < 1.29 is 8.42 Å². The molecule has 0 aromatic heterocycles. The van der Waals surface area contributed by atoms with Gasteiger partial charge in [0.25, 0.3) is 0 Å². The number of nitrogens with one attached hydrogen (secondary N) is 2. The second kappa shape index (κ2) is 7.11. The van der Waals surface area contributed by atoms with Gasteiger partial charge in [-0.1, -0.05) is 28.9 Å². The van der Waals surface area contributed by atoms with Gasteiger partial charge in [-0.15, -0.1) is 0 Å². The molecular weight excluding hydrogens is 316 g/mol. The van der Waals surface area contributed by atoms with Gasteiger partial charge in [-0.05, 0) is 38.1 Å². The van der Waals surface area contributed by atoms with E-state index in [2.05, 4.69) is 26.0 Å². The summed E-state index contributed by atoms with van der Waals surface area (Å²) in [7, 11) is -3.34. The summed E-state index contributed by atoms with van der Waals surface area (Å²) in [5.41, 5.74) is 0.576. The number of hydrogen-bond acceptors (Lipinski definition) is 3. The van der Waals surface area contributed by atoms with Gasteiger partial charge in [0, 0.05) is 16.7 Å². The van der Waals surface area contributed by atoms with Crippen LogP contribution in [-0.4, -0.2) is 26.8 Å². The molecule has 0 aliphatic heterocycles. The summed E-state index contributed by atoms with van der Waals surface area (Å²) in [6, 6.07) is 7.12. The van der Waals surface area contributed by atoms with Crippen LogP contribution < -0.4 is 10.0 Å². The molecule has 0 spiro atoms. The minimum absolute atomic E-state index is 0.456. The van der Waals surface area contributed by atoms with E-state index >= 15 is 0 Å². The molecule has 0 aliphatic carbocycles. The molecule has 1 rings (SSSR count). The topological polar surface area (TPSA) is 58.2 Å². The molecule has 102 valence electrons. The molecule has 0 amide bonds. The highest BCUT2D eigenvalue weighted by Crippen LogP contribution is 2.17. The number of rotatable bonds is 7. The van der Waals surface area contributed by atoms with Crippen LogP contribution in [0.25, 0.3) is 0 Å². The summed E-state index contributed by atoms with van der Waals surface area (Å²) >= 11 is 3.31.